The van der Waals surface area contributed by atoms with E-state index in [1.807, 2.05) is 13.0 Å². The maximum atomic E-state index is 11.9. The van der Waals surface area contributed by atoms with Gasteiger partial charge in [0.05, 0.1) is 11.3 Å². The van der Waals surface area contributed by atoms with Gasteiger partial charge in [0.15, 0.2) is 0 Å². The van der Waals surface area contributed by atoms with Crippen molar-refractivity contribution in [1.82, 2.24) is 9.97 Å². The Labute approximate surface area is 137 Å². The Hall–Kier alpha value is -3.40. The van der Waals surface area contributed by atoms with E-state index in [1.54, 1.807) is 12.1 Å². The molecule has 0 aliphatic carbocycles. The third-order valence-electron chi connectivity index (χ3n) is 3.16. The Morgan fingerprint density at radius 1 is 1.50 bits per heavy atom. The summed E-state index contributed by atoms with van der Waals surface area (Å²) in [5, 5.41) is 18.3. The number of aromatic carboxylic acids is 1. The number of hydrogen-bond acceptors (Lipinski definition) is 5. The predicted octanol–water partition coefficient (Wildman–Crippen LogP) is 2.27. The van der Waals surface area contributed by atoms with E-state index in [1.165, 1.54) is 13.0 Å². The Bertz CT molecular complexity index is 922. The van der Waals surface area contributed by atoms with E-state index >= 15 is 0 Å². The number of nitrogens with one attached hydrogen (secondary N) is 1. The highest BCUT2D eigenvalue weighted by atomic mass is 16.5. The monoisotopic (exact) mass is 325 g/mol. The van der Waals surface area contributed by atoms with Crippen molar-refractivity contribution in [1.29, 1.82) is 5.26 Å². The third-order valence-corrected chi connectivity index (χ3v) is 3.16. The van der Waals surface area contributed by atoms with Crippen molar-refractivity contribution >= 4 is 5.97 Å². The second-order valence-corrected chi connectivity index (χ2v) is 5.25. The summed E-state index contributed by atoms with van der Waals surface area (Å²) in [7, 11) is 0. The van der Waals surface area contributed by atoms with Crippen LogP contribution in [0.5, 0.6) is 5.75 Å². The number of aryl methyl sites for hydroxylation is 1. The number of rotatable bonds is 5. The summed E-state index contributed by atoms with van der Waals surface area (Å²) in [4.78, 5) is 29.5. The van der Waals surface area contributed by atoms with E-state index in [2.05, 4.69) is 16.5 Å². The molecule has 0 aliphatic rings. The van der Waals surface area contributed by atoms with Gasteiger partial charge < -0.3 is 14.8 Å². The van der Waals surface area contributed by atoms with Crippen molar-refractivity contribution in [2.75, 3.05) is 6.61 Å². The predicted molar refractivity (Wildman–Crippen MR) is 87.0 cm³/mol. The molecule has 7 nitrogen and oxygen atoms in total. The zero-order chi connectivity index (χ0) is 17.9. The standard InChI is InChI=1S/C17H15N3O4/c1-9(2)8-24-13-5-4-11(6-12(13)7-18)15-19-10(3)14(17(22)23)16(21)20-15/h4-6H,1,8H2,2-3H3,(H,22,23)(H,19,20,21). The third kappa shape index (κ3) is 3.50. The van der Waals surface area contributed by atoms with Gasteiger partial charge in [-0.1, -0.05) is 6.58 Å². The number of ether oxygens (including phenoxy) is 1. The van der Waals surface area contributed by atoms with E-state index < -0.39 is 17.1 Å². The van der Waals surface area contributed by atoms with Gasteiger partial charge in [0.2, 0.25) is 0 Å². The molecular formula is C17H15N3O4. The molecule has 0 fully saturated rings. The second-order valence-electron chi connectivity index (χ2n) is 5.25. The number of nitrogens with zero attached hydrogens (tertiary/aromatic N) is 2. The molecule has 2 rings (SSSR count). The first kappa shape index (κ1) is 17.0. The largest absolute Gasteiger partial charge is 0.488 e. The van der Waals surface area contributed by atoms with Gasteiger partial charge in [0, 0.05) is 5.56 Å². The Balaban J connectivity index is 2.47. The minimum absolute atomic E-state index is 0.0994. The molecule has 1 heterocycles. The van der Waals surface area contributed by atoms with E-state index in [0.717, 1.165) is 5.57 Å². The van der Waals surface area contributed by atoms with Gasteiger partial charge in [0.25, 0.3) is 5.56 Å². The quantitative estimate of drug-likeness (QED) is 0.815. The lowest BCUT2D eigenvalue weighted by atomic mass is 10.1. The van der Waals surface area contributed by atoms with Crippen LogP contribution >= 0.6 is 0 Å². The van der Waals surface area contributed by atoms with Crippen molar-refractivity contribution in [3.8, 4) is 23.2 Å². The normalized spacial score (nSPS) is 10.0. The minimum atomic E-state index is -1.34. The molecule has 2 N–H and O–H groups in total. The van der Waals surface area contributed by atoms with Crippen molar-refractivity contribution in [2.45, 2.75) is 13.8 Å². The number of carboxylic acid groups (broad SMARTS) is 1. The molecule has 0 bridgehead atoms. The summed E-state index contributed by atoms with van der Waals surface area (Å²) in [6, 6.07) is 6.77. The average molecular weight is 325 g/mol. The van der Waals surface area contributed by atoms with Crippen molar-refractivity contribution in [2.24, 2.45) is 0 Å². The molecule has 0 unspecified atom stereocenters. The fourth-order valence-corrected chi connectivity index (χ4v) is 2.07. The number of carbonyl (C=O) groups is 1. The highest BCUT2D eigenvalue weighted by molar-refractivity contribution is 5.88. The number of aromatic amines is 1. The lowest BCUT2D eigenvalue weighted by molar-refractivity contribution is 0.0693. The maximum Gasteiger partial charge on any atom is 0.343 e. The summed E-state index contributed by atoms with van der Waals surface area (Å²) >= 11 is 0. The van der Waals surface area contributed by atoms with Gasteiger partial charge in [-0.3, -0.25) is 4.79 Å². The van der Waals surface area contributed by atoms with Crippen LogP contribution in [0.4, 0.5) is 0 Å². The van der Waals surface area contributed by atoms with Crippen molar-refractivity contribution in [3.63, 3.8) is 0 Å². The van der Waals surface area contributed by atoms with Crippen molar-refractivity contribution in [3.05, 3.63) is 57.5 Å². The van der Waals surface area contributed by atoms with E-state index in [4.69, 9.17) is 9.84 Å². The summed E-state index contributed by atoms with van der Waals surface area (Å²) in [6.45, 7) is 7.26. The zero-order valence-electron chi connectivity index (χ0n) is 13.2. The first-order chi connectivity index (χ1) is 11.3. The topological polar surface area (TPSA) is 116 Å². The molecule has 1 aromatic carbocycles. The van der Waals surface area contributed by atoms with Crippen molar-refractivity contribution < 1.29 is 14.6 Å². The smallest absolute Gasteiger partial charge is 0.343 e. The molecule has 0 saturated carbocycles. The van der Waals surface area contributed by atoms with Crippen LogP contribution < -0.4 is 10.3 Å². The lowest BCUT2D eigenvalue weighted by Crippen LogP contribution is -2.21. The SMILES string of the molecule is C=C(C)COc1ccc(-c2nc(C)c(C(=O)O)c(=O)[nH]2)cc1C#N. The van der Waals surface area contributed by atoms with E-state index in [9.17, 15) is 14.9 Å². The van der Waals surface area contributed by atoms with Crippen LogP contribution in [0.1, 0.15) is 28.5 Å². The number of carboxylic acids is 1. The van der Waals surface area contributed by atoms with Gasteiger partial charge in [-0.25, -0.2) is 9.78 Å². The summed E-state index contributed by atoms with van der Waals surface area (Å²) in [5.41, 5.74) is 0.519. The average Bonchev–Trinajstić information content (AvgIpc) is 2.51. The lowest BCUT2D eigenvalue weighted by Gasteiger charge is -2.10. The maximum absolute atomic E-state index is 11.9. The number of hydrogen-bond donors (Lipinski definition) is 2. The highest BCUT2D eigenvalue weighted by Crippen LogP contribution is 2.24. The first-order valence-corrected chi connectivity index (χ1v) is 6.99. The number of H-pyrrole nitrogens is 1. The van der Waals surface area contributed by atoms with Crippen LogP contribution in [0.25, 0.3) is 11.4 Å². The number of aromatic nitrogens is 2. The molecule has 0 aliphatic heterocycles. The van der Waals surface area contributed by atoms with Gasteiger partial charge in [-0.05, 0) is 37.6 Å². The number of nitriles is 1. The Morgan fingerprint density at radius 3 is 2.75 bits per heavy atom. The Morgan fingerprint density at radius 2 is 2.21 bits per heavy atom. The van der Waals surface area contributed by atoms with Gasteiger partial charge in [-0.15, -0.1) is 0 Å². The zero-order valence-corrected chi connectivity index (χ0v) is 13.2. The van der Waals surface area contributed by atoms with Gasteiger partial charge in [-0.2, -0.15) is 5.26 Å². The van der Waals surface area contributed by atoms with Crippen LogP contribution in [-0.4, -0.2) is 27.7 Å². The fraction of sp³-hybridized carbons (Fsp3) is 0.176. The second kappa shape index (κ2) is 6.79. The van der Waals surface area contributed by atoms with Crippen LogP contribution in [-0.2, 0) is 0 Å². The molecule has 7 heteroatoms. The van der Waals surface area contributed by atoms with E-state index in [0.29, 0.717) is 11.3 Å². The molecule has 2 aromatic rings. The van der Waals surface area contributed by atoms with Gasteiger partial charge in [0.1, 0.15) is 29.8 Å². The summed E-state index contributed by atoms with van der Waals surface area (Å²) in [5.74, 6) is -0.759. The molecule has 0 radical (unpaired) electrons. The summed E-state index contributed by atoms with van der Waals surface area (Å²) in [6.07, 6.45) is 0. The fourth-order valence-electron chi connectivity index (χ4n) is 2.07. The molecule has 0 atom stereocenters. The molecular weight excluding hydrogens is 310 g/mol. The number of benzene rings is 1. The summed E-state index contributed by atoms with van der Waals surface area (Å²) < 4.78 is 5.49. The molecule has 0 saturated heterocycles. The van der Waals surface area contributed by atoms with Crippen LogP contribution in [0.2, 0.25) is 0 Å². The van der Waals surface area contributed by atoms with Crippen LogP contribution in [0, 0.1) is 18.3 Å². The molecule has 0 spiro atoms. The van der Waals surface area contributed by atoms with Gasteiger partial charge >= 0.3 is 5.97 Å². The van der Waals surface area contributed by atoms with Crippen LogP contribution in [0.3, 0.4) is 0 Å². The van der Waals surface area contributed by atoms with E-state index in [-0.39, 0.29) is 23.7 Å². The molecule has 0 amide bonds. The highest BCUT2D eigenvalue weighted by Gasteiger charge is 2.16. The first-order valence-electron chi connectivity index (χ1n) is 6.99. The minimum Gasteiger partial charge on any atom is -0.488 e. The van der Waals surface area contributed by atoms with Crippen LogP contribution in [0.15, 0.2) is 35.1 Å². The molecule has 1 aromatic heterocycles. The Kier molecular flexibility index (Phi) is 4.80. The molecule has 122 valence electrons. The molecule has 24 heavy (non-hydrogen) atoms.